The number of nitrogens with one attached hydrogen (secondary N) is 2. The smallest absolute Gasteiger partial charge is 0.274 e. The SMILES string of the molecule is Cc1ccc(Nc2cc(C(=O)Nc3ccc(F)c(F)c3F)nc(C)n2)cc1. The zero-order valence-corrected chi connectivity index (χ0v) is 14.5. The second-order valence-electron chi connectivity index (χ2n) is 5.85. The van der Waals surface area contributed by atoms with Crippen molar-refractivity contribution in [1.29, 1.82) is 0 Å². The Hall–Kier alpha value is -3.42. The number of hydrogen-bond acceptors (Lipinski definition) is 4. The number of hydrogen-bond donors (Lipinski definition) is 2. The fourth-order valence-electron chi connectivity index (χ4n) is 2.34. The van der Waals surface area contributed by atoms with E-state index in [-0.39, 0.29) is 5.69 Å². The third kappa shape index (κ3) is 4.22. The van der Waals surface area contributed by atoms with E-state index < -0.39 is 29.0 Å². The summed E-state index contributed by atoms with van der Waals surface area (Å²) in [6.07, 6.45) is 0. The lowest BCUT2D eigenvalue weighted by molar-refractivity contribution is 0.102. The van der Waals surface area contributed by atoms with Crippen molar-refractivity contribution in [2.45, 2.75) is 13.8 Å². The Morgan fingerprint density at radius 2 is 1.63 bits per heavy atom. The van der Waals surface area contributed by atoms with Crippen LogP contribution in [0.1, 0.15) is 21.9 Å². The van der Waals surface area contributed by atoms with Crippen LogP contribution in [-0.2, 0) is 0 Å². The minimum absolute atomic E-state index is 0.0544. The molecule has 3 aromatic rings. The first-order valence-corrected chi connectivity index (χ1v) is 7.97. The summed E-state index contributed by atoms with van der Waals surface area (Å²) in [5, 5.41) is 5.23. The Bertz CT molecular complexity index is 1010. The monoisotopic (exact) mass is 372 g/mol. The molecule has 0 unspecified atom stereocenters. The molecule has 0 aliphatic heterocycles. The summed E-state index contributed by atoms with van der Waals surface area (Å²) < 4.78 is 40.0. The summed E-state index contributed by atoms with van der Waals surface area (Å²) in [4.78, 5) is 20.6. The van der Waals surface area contributed by atoms with Crippen LogP contribution >= 0.6 is 0 Å². The van der Waals surface area contributed by atoms with Crippen molar-refractivity contribution in [2.24, 2.45) is 0 Å². The van der Waals surface area contributed by atoms with E-state index >= 15 is 0 Å². The van der Waals surface area contributed by atoms with Crippen molar-refractivity contribution in [3.05, 3.63) is 77.0 Å². The van der Waals surface area contributed by atoms with Crippen molar-refractivity contribution < 1.29 is 18.0 Å². The summed E-state index contributed by atoms with van der Waals surface area (Å²) in [6.45, 7) is 3.55. The van der Waals surface area contributed by atoms with Gasteiger partial charge >= 0.3 is 0 Å². The van der Waals surface area contributed by atoms with Crippen LogP contribution in [-0.4, -0.2) is 15.9 Å². The molecule has 2 aromatic carbocycles. The standard InChI is InChI=1S/C19H15F3N4O/c1-10-3-5-12(6-4-10)25-16-9-15(23-11(2)24-16)19(27)26-14-8-7-13(20)17(21)18(14)22/h3-9H,1-2H3,(H,26,27)(H,23,24,25). The number of aromatic nitrogens is 2. The average molecular weight is 372 g/mol. The number of carbonyl (C=O) groups is 1. The third-order valence-corrected chi connectivity index (χ3v) is 3.68. The second kappa shape index (κ2) is 7.45. The molecule has 1 aromatic heterocycles. The summed E-state index contributed by atoms with van der Waals surface area (Å²) >= 11 is 0. The van der Waals surface area contributed by atoms with Crippen molar-refractivity contribution in [1.82, 2.24) is 9.97 Å². The minimum Gasteiger partial charge on any atom is -0.340 e. The van der Waals surface area contributed by atoms with E-state index in [1.54, 1.807) is 6.92 Å². The number of rotatable bonds is 4. The highest BCUT2D eigenvalue weighted by Crippen LogP contribution is 2.21. The molecule has 2 N–H and O–H groups in total. The van der Waals surface area contributed by atoms with Crippen LogP contribution in [0.2, 0.25) is 0 Å². The number of aryl methyl sites for hydroxylation is 2. The van der Waals surface area contributed by atoms with Crippen LogP contribution < -0.4 is 10.6 Å². The Morgan fingerprint density at radius 3 is 2.33 bits per heavy atom. The second-order valence-corrected chi connectivity index (χ2v) is 5.85. The predicted molar refractivity (Wildman–Crippen MR) is 95.5 cm³/mol. The molecular formula is C19H15F3N4O. The Labute approximate surface area is 153 Å². The van der Waals surface area contributed by atoms with Crippen LogP contribution in [0.25, 0.3) is 0 Å². The number of benzene rings is 2. The third-order valence-electron chi connectivity index (χ3n) is 3.68. The van der Waals surface area contributed by atoms with E-state index in [9.17, 15) is 18.0 Å². The summed E-state index contributed by atoms with van der Waals surface area (Å²) in [5.41, 5.74) is 1.31. The molecule has 0 saturated carbocycles. The Balaban J connectivity index is 1.84. The average Bonchev–Trinajstić information content (AvgIpc) is 2.63. The van der Waals surface area contributed by atoms with E-state index in [1.807, 2.05) is 31.2 Å². The zero-order chi connectivity index (χ0) is 19.6. The Kier molecular flexibility index (Phi) is 5.07. The Morgan fingerprint density at radius 1 is 0.926 bits per heavy atom. The molecule has 0 fully saturated rings. The molecule has 0 spiro atoms. The van der Waals surface area contributed by atoms with Crippen LogP contribution in [0.4, 0.5) is 30.4 Å². The molecule has 0 aliphatic rings. The number of amides is 1. The van der Waals surface area contributed by atoms with Gasteiger partial charge in [0, 0.05) is 11.8 Å². The molecule has 138 valence electrons. The molecule has 27 heavy (non-hydrogen) atoms. The first-order valence-electron chi connectivity index (χ1n) is 7.97. The van der Waals surface area contributed by atoms with Gasteiger partial charge in [0.15, 0.2) is 17.5 Å². The topological polar surface area (TPSA) is 66.9 Å². The highest BCUT2D eigenvalue weighted by atomic mass is 19.2. The lowest BCUT2D eigenvalue weighted by Gasteiger charge is -2.10. The number of anilines is 3. The highest BCUT2D eigenvalue weighted by Gasteiger charge is 2.17. The maximum absolute atomic E-state index is 13.7. The van der Waals surface area contributed by atoms with Gasteiger partial charge in [-0.05, 0) is 38.1 Å². The van der Waals surface area contributed by atoms with Gasteiger partial charge in [-0.2, -0.15) is 0 Å². The predicted octanol–water partition coefficient (Wildman–Crippen LogP) is 4.51. The summed E-state index contributed by atoms with van der Waals surface area (Å²) in [6, 6.07) is 10.6. The van der Waals surface area contributed by atoms with Gasteiger partial charge < -0.3 is 10.6 Å². The van der Waals surface area contributed by atoms with Crippen molar-refractivity contribution in [3.8, 4) is 0 Å². The van der Waals surface area contributed by atoms with Crippen molar-refractivity contribution in [2.75, 3.05) is 10.6 Å². The first kappa shape index (κ1) is 18.4. The fraction of sp³-hybridized carbons (Fsp3) is 0.105. The van der Waals surface area contributed by atoms with Crippen molar-refractivity contribution >= 4 is 23.1 Å². The van der Waals surface area contributed by atoms with E-state index in [2.05, 4.69) is 20.6 Å². The molecule has 0 aliphatic carbocycles. The molecule has 5 nitrogen and oxygen atoms in total. The quantitative estimate of drug-likeness (QED) is 0.662. The largest absolute Gasteiger partial charge is 0.340 e. The minimum atomic E-state index is -1.66. The van der Waals surface area contributed by atoms with Gasteiger partial charge in [0.1, 0.15) is 17.3 Å². The molecule has 0 saturated heterocycles. The summed E-state index contributed by atoms with van der Waals surface area (Å²) in [7, 11) is 0. The molecule has 3 rings (SSSR count). The maximum atomic E-state index is 13.7. The molecule has 1 amide bonds. The number of carbonyl (C=O) groups excluding carboxylic acids is 1. The van der Waals surface area contributed by atoms with Crippen LogP contribution in [0.15, 0.2) is 42.5 Å². The van der Waals surface area contributed by atoms with Crippen LogP contribution in [0.5, 0.6) is 0 Å². The first-order chi connectivity index (χ1) is 12.8. The molecule has 8 heteroatoms. The van der Waals surface area contributed by atoms with E-state index in [4.69, 9.17) is 0 Å². The van der Waals surface area contributed by atoms with E-state index in [0.29, 0.717) is 11.6 Å². The molecule has 0 atom stereocenters. The number of halogens is 3. The van der Waals surface area contributed by atoms with Gasteiger partial charge in [0.05, 0.1) is 5.69 Å². The fourth-order valence-corrected chi connectivity index (χ4v) is 2.34. The van der Waals surface area contributed by atoms with E-state index in [0.717, 1.165) is 23.4 Å². The lowest BCUT2D eigenvalue weighted by Crippen LogP contribution is -2.16. The highest BCUT2D eigenvalue weighted by molar-refractivity contribution is 6.03. The van der Waals surface area contributed by atoms with Gasteiger partial charge in [-0.3, -0.25) is 4.79 Å². The lowest BCUT2D eigenvalue weighted by atomic mass is 10.2. The summed E-state index contributed by atoms with van der Waals surface area (Å²) in [5.74, 6) is -4.59. The molecule has 0 bridgehead atoms. The number of nitrogens with zero attached hydrogens (tertiary/aromatic N) is 2. The normalized spacial score (nSPS) is 10.6. The zero-order valence-electron chi connectivity index (χ0n) is 14.5. The van der Waals surface area contributed by atoms with E-state index in [1.165, 1.54) is 6.07 Å². The van der Waals surface area contributed by atoms with Crippen molar-refractivity contribution in [3.63, 3.8) is 0 Å². The van der Waals surface area contributed by atoms with Gasteiger partial charge in [0.25, 0.3) is 5.91 Å². The van der Waals surface area contributed by atoms with Crippen LogP contribution in [0, 0.1) is 31.3 Å². The molecule has 1 heterocycles. The maximum Gasteiger partial charge on any atom is 0.274 e. The molecular weight excluding hydrogens is 357 g/mol. The van der Waals surface area contributed by atoms with Gasteiger partial charge in [-0.1, -0.05) is 17.7 Å². The van der Waals surface area contributed by atoms with Gasteiger partial charge in [0.2, 0.25) is 0 Å². The molecule has 0 radical (unpaired) electrons. The van der Waals surface area contributed by atoms with Gasteiger partial charge in [-0.25, -0.2) is 23.1 Å². The van der Waals surface area contributed by atoms with Gasteiger partial charge in [-0.15, -0.1) is 0 Å². The van der Waals surface area contributed by atoms with Crippen LogP contribution in [0.3, 0.4) is 0 Å².